The number of hydrogen-bond donors (Lipinski definition) is 1. The fourth-order valence-corrected chi connectivity index (χ4v) is 1.59. The van der Waals surface area contributed by atoms with E-state index in [2.05, 4.69) is 10.5 Å². The second kappa shape index (κ2) is 3.93. The van der Waals surface area contributed by atoms with Gasteiger partial charge in [0.25, 0.3) is 0 Å². The number of nitrogens with one attached hydrogen (secondary N) is 1. The molecule has 2 aromatic rings. The Morgan fingerprint density at radius 1 is 1.18 bits per heavy atom. The molecule has 0 saturated carbocycles. The maximum absolute atomic E-state index is 12.8. The molecule has 1 atom stereocenters. The molecule has 0 radical (unpaired) electrons. The van der Waals surface area contributed by atoms with Crippen LogP contribution < -0.4 is 5.32 Å². The van der Waals surface area contributed by atoms with Gasteiger partial charge in [-0.3, -0.25) is 0 Å². The van der Waals surface area contributed by atoms with E-state index in [1.165, 1.54) is 12.1 Å². The number of rotatable bonds is 2. The third kappa shape index (κ3) is 1.87. The molecule has 1 aliphatic heterocycles. The summed E-state index contributed by atoms with van der Waals surface area (Å²) in [5.74, 6) is 0.302. The molecule has 17 heavy (non-hydrogen) atoms. The predicted octanol–water partition coefficient (Wildman–Crippen LogP) is 2.40. The first-order chi connectivity index (χ1) is 8.33. The number of hydrogen-bond acceptors (Lipinski definition) is 4. The van der Waals surface area contributed by atoms with Crippen molar-refractivity contribution in [3.05, 3.63) is 59.8 Å². The molecule has 1 N–H and O–H groups in total. The summed E-state index contributed by atoms with van der Waals surface area (Å²) in [4.78, 5) is 5.22. The minimum atomic E-state index is -0.353. The number of oxime groups is 1. The van der Waals surface area contributed by atoms with Gasteiger partial charge >= 0.3 is 0 Å². The van der Waals surface area contributed by atoms with Crippen LogP contribution in [-0.4, -0.2) is 5.84 Å². The zero-order chi connectivity index (χ0) is 11.7. The fraction of sp³-hybridized carbons (Fsp3) is 0.0833. The largest absolute Gasteiger partial charge is 0.472 e. The molecule has 3 rings (SSSR count). The van der Waals surface area contributed by atoms with Crippen molar-refractivity contribution in [3.8, 4) is 0 Å². The normalized spacial score (nSPS) is 18.4. The van der Waals surface area contributed by atoms with Gasteiger partial charge in [0.15, 0.2) is 5.84 Å². The Balaban J connectivity index is 1.77. The Morgan fingerprint density at radius 3 is 2.71 bits per heavy atom. The Labute approximate surface area is 96.7 Å². The van der Waals surface area contributed by atoms with Gasteiger partial charge in [-0.15, -0.1) is 0 Å². The van der Waals surface area contributed by atoms with Crippen molar-refractivity contribution in [2.75, 3.05) is 0 Å². The van der Waals surface area contributed by atoms with E-state index in [9.17, 15) is 4.39 Å². The standard InChI is InChI=1S/C12H9FN2O2/c13-10-3-1-8(2-4-10)11-14-12(17-15-11)9-5-6-16-7-9/h1-7,12H,(H,14,15). The minimum Gasteiger partial charge on any atom is -0.472 e. The smallest absolute Gasteiger partial charge is 0.228 e. The summed E-state index contributed by atoms with van der Waals surface area (Å²) >= 11 is 0. The van der Waals surface area contributed by atoms with Crippen molar-refractivity contribution in [2.24, 2.45) is 5.16 Å². The van der Waals surface area contributed by atoms with E-state index < -0.39 is 0 Å². The van der Waals surface area contributed by atoms with Gasteiger partial charge in [0, 0.05) is 5.56 Å². The Morgan fingerprint density at radius 2 is 2.00 bits per heavy atom. The van der Waals surface area contributed by atoms with E-state index in [-0.39, 0.29) is 12.0 Å². The van der Waals surface area contributed by atoms with Gasteiger partial charge in [0.05, 0.1) is 18.1 Å². The first-order valence-corrected chi connectivity index (χ1v) is 5.11. The van der Waals surface area contributed by atoms with Crippen LogP contribution in [0.15, 0.2) is 52.4 Å². The molecule has 0 amide bonds. The molecule has 0 spiro atoms. The van der Waals surface area contributed by atoms with Crippen LogP contribution in [-0.2, 0) is 4.84 Å². The zero-order valence-electron chi connectivity index (χ0n) is 8.76. The van der Waals surface area contributed by atoms with E-state index in [1.54, 1.807) is 30.7 Å². The van der Waals surface area contributed by atoms with Gasteiger partial charge in [-0.05, 0) is 30.3 Å². The maximum Gasteiger partial charge on any atom is 0.228 e. The molecule has 1 aromatic carbocycles. The summed E-state index contributed by atoms with van der Waals surface area (Å²) in [6, 6.07) is 7.83. The van der Waals surface area contributed by atoms with Crippen LogP contribution in [0.2, 0.25) is 0 Å². The summed E-state index contributed by atoms with van der Waals surface area (Å²) < 4.78 is 17.7. The van der Waals surface area contributed by atoms with Crippen LogP contribution in [0.1, 0.15) is 17.4 Å². The fourth-order valence-electron chi connectivity index (χ4n) is 1.59. The van der Waals surface area contributed by atoms with Crippen molar-refractivity contribution < 1.29 is 13.6 Å². The lowest BCUT2D eigenvalue weighted by Gasteiger charge is -2.06. The van der Waals surface area contributed by atoms with Crippen LogP contribution in [0.3, 0.4) is 0 Å². The molecule has 4 nitrogen and oxygen atoms in total. The number of benzene rings is 1. The molecular formula is C12H9FN2O2. The van der Waals surface area contributed by atoms with E-state index in [0.717, 1.165) is 11.1 Å². The second-order valence-corrected chi connectivity index (χ2v) is 3.63. The average Bonchev–Trinajstić information content (AvgIpc) is 3.00. The quantitative estimate of drug-likeness (QED) is 0.864. The molecule has 0 saturated heterocycles. The number of halogens is 1. The van der Waals surface area contributed by atoms with E-state index in [4.69, 9.17) is 9.25 Å². The van der Waals surface area contributed by atoms with Gasteiger partial charge < -0.3 is 14.6 Å². The molecule has 2 heterocycles. The lowest BCUT2D eigenvalue weighted by Crippen LogP contribution is -2.23. The van der Waals surface area contributed by atoms with Gasteiger partial charge in [-0.25, -0.2) is 4.39 Å². The molecule has 0 bridgehead atoms. The summed E-state index contributed by atoms with van der Waals surface area (Å²) in [7, 11) is 0. The highest BCUT2D eigenvalue weighted by molar-refractivity contribution is 5.99. The molecule has 86 valence electrons. The van der Waals surface area contributed by atoms with Gasteiger partial charge in [-0.2, -0.15) is 0 Å². The van der Waals surface area contributed by atoms with Crippen molar-refractivity contribution in [3.63, 3.8) is 0 Å². The highest BCUT2D eigenvalue weighted by Gasteiger charge is 2.23. The summed E-state index contributed by atoms with van der Waals surface area (Å²) in [5, 5.41) is 6.99. The average molecular weight is 232 g/mol. The maximum atomic E-state index is 12.8. The highest BCUT2D eigenvalue weighted by Crippen LogP contribution is 2.21. The summed E-state index contributed by atoms with van der Waals surface area (Å²) in [5.41, 5.74) is 1.63. The number of nitrogens with zero attached hydrogens (tertiary/aromatic N) is 1. The van der Waals surface area contributed by atoms with Crippen LogP contribution in [0.25, 0.3) is 0 Å². The van der Waals surface area contributed by atoms with Crippen LogP contribution in [0, 0.1) is 5.82 Å². The summed E-state index contributed by atoms with van der Waals surface area (Å²) in [6.07, 6.45) is 2.80. The van der Waals surface area contributed by atoms with Crippen molar-refractivity contribution >= 4 is 5.84 Å². The Hall–Kier alpha value is -2.30. The van der Waals surface area contributed by atoms with Gasteiger partial charge in [-0.1, -0.05) is 5.16 Å². The van der Waals surface area contributed by atoms with Gasteiger partial charge in [0.1, 0.15) is 5.82 Å². The third-order valence-corrected chi connectivity index (χ3v) is 2.48. The zero-order valence-corrected chi connectivity index (χ0v) is 8.76. The molecule has 0 fully saturated rings. The van der Waals surface area contributed by atoms with Crippen molar-refractivity contribution in [2.45, 2.75) is 6.23 Å². The van der Waals surface area contributed by atoms with Crippen LogP contribution in [0.5, 0.6) is 0 Å². The topological polar surface area (TPSA) is 46.8 Å². The molecule has 1 aromatic heterocycles. The number of amidine groups is 1. The lowest BCUT2D eigenvalue weighted by atomic mass is 10.2. The number of furan rings is 1. The monoisotopic (exact) mass is 232 g/mol. The first kappa shape index (κ1) is 9.89. The molecule has 5 heteroatoms. The molecule has 1 aliphatic rings. The minimum absolute atomic E-state index is 0.278. The van der Waals surface area contributed by atoms with Crippen LogP contribution >= 0.6 is 0 Å². The SMILES string of the molecule is Fc1ccc(C2=NOC(c3ccoc3)N2)cc1. The van der Waals surface area contributed by atoms with Gasteiger partial charge in [0.2, 0.25) is 6.23 Å². The van der Waals surface area contributed by atoms with E-state index in [0.29, 0.717) is 5.84 Å². The lowest BCUT2D eigenvalue weighted by molar-refractivity contribution is 0.0725. The molecule has 1 unspecified atom stereocenters. The third-order valence-electron chi connectivity index (χ3n) is 2.48. The second-order valence-electron chi connectivity index (χ2n) is 3.63. The Bertz CT molecular complexity index is 534. The first-order valence-electron chi connectivity index (χ1n) is 5.11. The summed E-state index contributed by atoms with van der Waals surface area (Å²) in [6.45, 7) is 0. The van der Waals surface area contributed by atoms with E-state index >= 15 is 0 Å². The van der Waals surface area contributed by atoms with E-state index in [1.807, 2.05) is 0 Å². The predicted molar refractivity (Wildman–Crippen MR) is 58.6 cm³/mol. The molecular weight excluding hydrogens is 223 g/mol. The van der Waals surface area contributed by atoms with Crippen molar-refractivity contribution in [1.82, 2.24) is 5.32 Å². The van der Waals surface area contributed by atoms with Crippen molar-refractivity contribution in [1.29, 1.82) is 0 Å². The van der Waals surface area contributed by atoms with Crippen LogP contribution in [0.4, 0.5) is 4.39 Å². The molecule has 0 aliphatic carbocycles. The Kier molecular flexibility index (Phi) is 2.29. The highest BCUT2D eigenvalue weighted by atomic mass is 19.1.